The van der Waals surface area contributed by atoms with Gasteiger partial charge in [-0.3, -0.25) is 9.78 Å². The molecule has 0 aliphatic rings. The van der Waals surface area contributed by atoms with Crippen molar-refractivity contribution in [1.82, 2.24) is 4.98 Å². The van der Waals surface area contributed by atoms with Crippen LogP contribution in [0, 0.1) is 0 Å². The third-order valence-corrected chi connectivity index (χ3v) is 1.11. The number of primary amides is 1. The van der Waals surface area contributed by atoms with Gasteiger partial charge in [0.2, 0.25) is 5.91 Å². The van der Waals surface area contributed by atoms with Crippen LogP contribution in [0.25, 0.3) is 6.08 Å². The van der Waals surface area contributed by atoms with Crippen molar-refractivity contribution in [2.24, 2.45) is 5.73 Å². The Labute approximate surface area is 64.6 Å². The van der Waals surface area contributed by atoms with Crippen molar-refractivity contribution in [2.75, 3.05) is 0 Å². The lowest BCUT2D eigenvalue weighted by Gasteiger charge is -1.87. The Kier molecular flexibility index (Phi) is 2.38. The van der Waals surface area contributed by atoms with Crippen molar-refractivity contribution in [3.63, 3.8) is 0 Å². The van der Waals surface area contributed by atoms with Gasteiger partial charge in [-0.15, -0.1) is 0 Å². The summed E-state index contributed by atoms with van der Waals surface area (Å²) in [4.78, 5) is 14.2. The lowest BCUT2D eigenvalue weighted by molar-refractivity contribution is -0.113. The largest absolute Gasteiger partial charge is 0.366 e. The summed E-state index contributed by atoms with van der Waals surface area (Å²) >= 11 is 0. The quantitative estimate of drug-likeness (QED) is 0.624. The molecule has 2 N–H and O–H groups in total. The molecular weight excluding hydrogens is 140 g/mol. The number of aromatic nitrogens is 1. The van der Waals surface area contributed by atoms with Gasteiger partial charge in [0.25, 0.3) is 0 Å². The first-order chi connectivity index (χ1) is 5.29. The molecule has 1 aromatic rings. The van der Waals surface area contributed by atoms with E-state index in [0.29, 0.717) is 0 Å². The molecule has 0 saturated heterocycles. The summed E-state index contributed by atoms with van der Waals surface area (Å²) in [5, 5.41) is 0. The molecule has 1 heterocycles. The first-order valence-corrected chi connectivity index (χ1v) is 3.17. The highest BCUT2D eigenvalue weighted by Crippen LogP contribution is 1.94. The fourth-order valence-electron chi connectivity index (χ4n) is 0.642. The van der Waals surface area contributed by atoms with Gasteiger partial charge >= 0.3 is 0 Å². The van der Waals surface area contributed by atoms with Gasteiger partial charge in [0.1, 0.15) is 0 Å². The van der Waals surface area contributed by atoms with E-state index in [4.69, 9.17) is 5.73 Å². The van der Waals surface area contributed by atoms with E-state index in [-0.39, 0.29) is 0 Å². The van der Waals surface area contributed by atoms with Crippen molar-refractivity contribution in [1.29, 1.82) is 0 Å². The predicted molar refractivity (Wildman–Crippen MR) is 42.5 cm³/mol. The first-order valence-electron chi connectivity index (χ1n) is 3.17. The minimum Gasteiger partial charge on any atom is -0.366 e. The lowest BCUT2D eigenvalue weighted by Crippen LogP contribution is -2.05. The maximum Gasteiger partial charge on any atom is 0.241 e. The number of pyridine rings is 1. The van der Waals surface area contributed by atoms with Crippen LogP contribution in [0.1, 0.15) is 5.69 Å². The van der Waals surface area contributed by atoms with Crippen molar-refractivity contribution >= 4 is 12.0 Å². The summed E-state index contributed by atoms with van der Waals surface area (Å²) in [6.45, 7) is 0. The summed E-state index contributed by atoms with van der Waals surface area (Å²) in [6.07, 6.45) is 4.51. The SMILES string of the molecule is NC(=O)C=Cc1ccccn1. The second-order valence-corrected chi connectivity index (χ2v) is 1.99. The zero-order valence-corrected chi connectivity index (χ0v) is 5.90. The zero-order valence-electron chi connectivity index (χ0n) is 5.90. The van der Waals surface area contributed by atoms with E-state index in [9.17, 15) is 4.79 Å². The molecule has 1 amide bonds. The molecule has 0 spiro atoms. The van der Waals surface area contributed by atoms with Crippen LogP contribution in [-0.4, -0.2) is 10.9 Å². The highest BCUT2D eigenvalue weighted by atomic mass is 16.1. The molecule has 1 aromatic heterocycles. The van der Waals surface area contributed by atoms with Gasteiger partial charge in [0.15, 0.2) is 0 Å². The number of nitrogens with two attached hydrogens (primary N) is 1. The lowest BCUT2D eigenvalue weighted by atomic mass is 10.3. The molecule has 0 atom stereocenters. The van der Waals surface area contributed by atoms with Crippen molar-refractivity contribution in [3.05, 3.63) is 36.2 Å². The second kappa shape index (κ2) is 3.51. The number of rotatable bonds is 2. The fourth-order valence-corrected chi connectivity index (χ4v) is 0.642. The Hall–Kier alpha value is -1.64. The molecule has 3 heteroatoms. The Bertz CT molecular complexity index is 267. The highest BCUT2D eigenvalue weighted by molar-refractivity contribution is 5.89. The minimum absolute atomic E-state index is 0.462. The molecular formula is C8H8N2O. The molecule has 1 rings (SSSR count). The van der Waals surface area contributed by atoms with Crippen molar-refractivity contribution < 1.29 is 4.79 Å². The summed E-state index contributed by atoms with van der Waals surface area (Å²) in [5.41, 5.74) is 5.61. The number of nitrogens with zero attached hydrogens (tertiary/aromatic N) is 1. The Morgan fingerprint density at radius 1 is 1.55 bits per heavy atom. The first kappa shape index (κ1) is 7.47. The van der Waals surface area contributed by atoms with Crippen LogP contribution in [0.15, 0.2) is 30.5 Å². The van der Waals surface area contributed by atoms with E-state index in [0.717, 1.165) is 5.69 Å². The van der Waals surface area contributed by atoms with Gasteiger partial charge in [0.05, 0.1) is 5.69 Å². The maximum atomic E-state index is 10.3. The van der Waals surface area contributed by atoms with Crippen LogP contribution in [0.4, 0.5) is 0 Å². The molecule has 0 unspecified atom stereocenters. The number of carbonyl (C=O) groups is 1. The third kappa shape index (κ3) is 2.62. The standard InChI is InChI=1S/C8H8N2O/c9-8(11)5-4-7-3-1-2-6-10-7/h1-6H,(H2,9,11). The van der Waals surface area contributed by atoms with Crippen LogP contribution in [-0.2, 0) is 4.79 Å². The van der Waals surface area contributed by atoms with Gasteiger partial charge in [0, 0.05) is 12.3 Å². The molecule has 0 saturated carbocycles. The number of hydrogen-bond acceptors (Lipinski definition) is 2. The number of amides is 1. The van der Waals surface area contributed by atoms with Gasteiger partial charge in [-0.1, -0.05) is 6.07 Å². The molecule has 11 heavy (non-hydrogen) atoms. The topological polar surface area (TPSA) is 56.0 Å². The molecule has 0 aromatic carbocycles. The molecule has 0 aliphatic carbocycles. The molecule has 0 fully saturated rings. The van der Waals surface area contributed by atoms with Crippen LogP contribution in [0.2, 0.25) is 0 Å². The molecule has 0 aliphatic heterocycles. The van der Waals surface area contributed by atoms with Crippen molar-refractivity contribution in [3.8, 4) is 0 Å². The summed E-state index contributed by atoms with van der Waals surface area (Å²) in [6, 6.07) is 5.44. The third-order valence-electron chi connectivity index (χ3n) is 1.11. The van der Waals surface area contributed by atoms with Gasteiger partial charge in [-0.2, -0.15) is 0 Å². The maximum absolute atomic E-state index is 10.3. The van der Waals surface area contributed by atoms with E-state index in [1.165, 1.54) is 6.08 Å². The minimum atomic E-state index is -0.462. The van der Waals surface area contributed by atoms with Gasteiger partial charge < -0.3 is 5.73 Å². The molecule has 3 nitrogen and oxygen atoms in total. The van der Waals surface area contributed by atoms with E-state index >= 15 is 0 Å². The number of carbonyl (C=O) groups excluding carboxylic acids is 1. The second-order valence-electron chi connectivity index (χ2n) is 1.99. The normalized spacial score (nSPS) is 10.2. The summed E-state index contributed by atoms with van der Waals surface area (Å²) in [5.74, 6) is -0.462. The predicted octanol–water partition coefficient (Wildman–Crippen LogP) is 0.580. The van der Waals surface area contributed by atoms with E-state index in [2.05, 4.69) is 4.98 Å². The van der Waals surface area contributed by atoms with Crippen LogP contribution in [0.5, 0.6) is 0 Å². The zero-order chi connectivity index (χ0) is 8.10. The van der Waals surface area contributed by atoms with Crippen LogP contribution < -0.4 is 5.73 Å². The number of hydrogen-bond donors (Lipinski definition) is 1. The highest BCUT2D eigenvalue weighted by Gasteiger charge is 1.85. The van der Waals surface area contributed by atoms with E-state index in [1.54, 1.807) is 18.3 Å². The van der Waals surface area contributed by atoms with Gasteiger partial charge in [-0.05, 0) is 18.2 Å². The fraction of sp³-hybridized carbons (Fsp3) is 0. The molecule has 56 valence electrons. The smallest absolute Gasteiger partial charge is 0.241 e. The molecule has 0 radical (unpaired) electrons. The monoisotopic (exact) mass is 148 g/mol. The summed E-state index contributed by atoms with van der Waals surface area (Å²) in [7, 11) is 0. The Balaban J connectivity index is 2.72. The average molecular weight is 148 g/mol. The van der Waals surface area contributed by atoms with E-state index < -0.39 is 5.91 Å². The summed E-state index contributed by atoms with van der Waals surface area (Å²) < 4.78 is 0. The average Bonchev–Trinajstić information content (AvgIpc) is 2.03. The van der Waals surface area contributed by atoms with Crippen molar-refractivity contribution in [2.45, 2.75) is 0 Å². The van der Waals surface area contributed by atoms with E-state index in [1.807, 2.05) is 12.1 Å². The van der Waals surface area contributed by atoms with Gasteiger partial charge in [-0.25, -0.2) is 0 Å². The van der Waals surface area contributed by atoms with Crippen LogP contribution in [0.3, 0.4) is 0 Å². The van der Waals surface area contributed by atoms with Crippen LogP contribution >= 0.6 is 0 Å². The Morgan fingerprint density at radius 2 is 2.36 bits per heavy atom. The molecule has 0 bridgehead atoms. The Morgan fingerprint density at radius 3 is 2.91 bits per heavy atom.